The summed E-state index contributed by atoms with van der Waals surface area (Å²) in [5, 5.41) is 13.7. The molecule has 0 unspecified atom stereocenters. The fourth-order valence-electron chi connectivity index (χ4n) is 3.43. The van der Waals surface area contributed by atoms with Gasteiger partial charge in [0.2, 0.25) is 5.91 Å². The van der Waals surface area contributed by atoms with Crippen LogP contribution in [0.4, 0.5) is 16.2 Å². The van der Waals surface area contributed by atoms with Crippen LogP contribution < -0.4 is 15.0 Å². The number of nitro benzene ring substituents is 1. The normalized spacial score (nSPS) is 19.9. The van der Waals surface area contributed by atoms with E-state index in [2.05, 4.69) is 5.32 Å². The Balaban J connectivity index is 1.62. The topological polar surface area (TPSA) is 111 Å². The highest BCUT2D eigenvalue weighted by molar-refractivity contribution is 5.94. The molecule has 9 nitrogen and oxygen atoms in total. The first kappa shape index (κ1) is 17.8. The first-order chi connectivity index (χ1) is 13.4. The van der Waals surface area contributed by atoms with E-state index < -0.39 is 17.1 Å². The van der Waals surface area contributed by atoms with E-state index in [4.69, 9.17) is 9.47 Å². The number of non-ortho nitro benzene ring substituents is 1. The first-order valence-corrected chi connectivity index (χ1v) is 8.70. The summed E-state index contributed by atoms with van der Waals surface area (Å²) in [5.74, 6) is 0.297. The molecular weight excluding hydrogens is 366 g/mol. The molecule has 1 saturated heterocycles. The SMILES string of the molecule is CC(=O)NC[C@@H]1OC(=O)N2c3ccc(-c4cccc([N+](=O)[O-])c4)cc3OC[C@@H]12. The predicted octanol–water partition coefficient (Wildman–Crippen LogP) is 2.48. The molecule has 4 rings (SSSR count). The van der Waals surface area contributed by atoms with Crippen molar-refractivity contribution >= 4 is 23.4 Å². The van der Waals surface area contributed by atoms with Crippen LogP contribution in [0.15, 0.2) is 42.5 Å². The number of hydrogen-bond donors (Lipinski definition) is 1. The molecule has 0 bridgehead atoms. The maximum Gasteiger partial charge on any atom is 0.415 e. The Morgan fingerprint density at radius 1 is 1.29 bits per heavy atom. The number of anilines is 1. The summed E-state index contributed by atoms with van der Waals surface area (Å²) in [6.07, 6.45) is -0.992. The largest absolute Gasteiger partial charge is 0.489 e. The summed E-state index contributed by atoms with van der Waals surface area (Å²) >= 11 is 0. The van der Waals surface area contributed by atoms with Gasteiger partial charge < -0.3 is 14.8 Å². The molecule has 1 N–H and O–H groups in total. The van der Waals surface area contributed by atoms with Crippen molar-refractivity contribution in [1.82, 2.24) is 5.32 Å². The van der Waals surface area contributed by atoms with Gasteiger partial charge in [-0.1, -0.05) is 18.2 Å². The number of carbonyl (C=O) groups is 2. The van der Waals surface area contributed by atoms with Gasteiger partial charge in [0.1, 0.15) is 24.5 Å². The van der Waals surface area contributed by atoms with Gasteiger partial charge in [-0.15, -0.1) is 0 Å². The van der Waals surface area contributed by atoms with Crippen LogP contribution in [0, 0.1) is 10.1 Å². The molecule has 2 heterocycles. The quantitative estimate of drug-likeness (QED) is 0.641. The van der Waals surface area contributed by atoms with E-state index in [1.54, 1.807) is 30.3 Å². The number of nitrogens with zero attached hydrogens (tertiary/aromatic N) is 2. The van der Waals surface area contributed by atoms with E-state index in [0.717, 1.165) is 5.56 Å². The van der Waals surface area contributed by atoms with Gasteiger partial charge in [-0.3, -0.25) is 19.8 Å². The highest BCUT2D eigenvalue weighted by Crippen LogP contribution is 2.41. The van der Waals surface area contributed by atoms with Crippen LogP contribution in [0.2, 0.25) is 0 Å². The number of hydrogen-bond acceptors (Lipinski definition) is 6. The number of cyclic esters (lactones) is 1. The predicted molar refractivity (Wildman–Crippen MR) is 99.2 cm³/mol. The maximum atomic E-state index is 12.4. The third-order valence-corrected chi connectivity index (χ3v) is 4.78. The minimum absolute atomic E-state index is 0.000127. The van der Waals surface area contributed by atoms with Crippen molar-refractivity contribution in [3.63, 3.8) is 0 Å². The lowest BCUT2D eigenvalue weighted by molar-refractivity contribution is -0.384. The van der Waals surface area contributed by atoms with Crippen molar-refractivity contribution in [3.8, 4) is 16.9 Å². The second-order valence-electron chi connectivity index (χ2n) is 6.60. The molecule has 2 aromatic rings. The summed E-state index contributed by atoms with van der Waals surface area (Å²) in [6.45, 7) is 1.84. The molecular formula is C19H17N3O6. The summed E-state index contributed by atoms with van der Waals surface area (Å²) in [4.78, 5) is 35.6. The van der Waals surface area contributed by atoms with Gasteiger partial charge in [0.05, 0.1) is 17.2 Å². The lowest BCUT2D eigenvalue weighted by atomic mass is 10.0. The van der Waals surface area contributed by atoms with E-state index in [9.17, 15) is 19.7 Å². The van der Waals surface area contributed by atoms with Crippen molar-refractivity contribution in [1.29, 1.82) is 0 Å². The summed E-state index contributed by atoms with van der Waals surface area (Å²) < 4.78 is 11.2. The van der Waals surface area contributed by atoms with Crippen LogP contribution in [0.3, 0.4) is 0 Å². The van der Waals surface area contributed by atoms with Crippen LogP contribution in [-0.2, 0) is 9.53 Å². The lowest BCUT2D eigenvalue weighted by Crippen LogP contribution is -2.47. The molecule has 28 heavy (non-hydrogen) atoms. The zero-order valence-corrected chi connectivity index (χ0v) is 15.0. The number of nitro groups is 1. The Morgan fingerprint density at radius 3 is 2.82 bits per heavy atom. The van der Waals surface area contributed by atoms with Crippen LogP contribution in [0.5, 0.6) is 5.75 Å². The van der Waals surface area contributed by atoms with E-state index in [1.807, 2.05) is 0 Å². The number of amides is 2. The first-order valence-electron chi connectivity index (χ1n) is 8.70. The number of carbonyl (C=O) groups excluding carboxylic acids is 2. The Hall–Kier alpha value is -3.62. The van der Waals surface area contributed by atoms with E-state index in [1.165, 1.54) is 24.0 Å². The Morgan fingerprint density at radius 2 is 2.07 bits per heavy atom. The molecule has 0 saturated carbocycles. The number of benzene rings is 2. The molecule has 0 spiro atoms. The molecule has 9 heteroatoms. The van der Waals surface area contributed by atoms with Crippen LogP contribution in [0.1, 0.15) is 6.92 Å². The molecule has 0 radical (unpaired) electrons. The number of rotatable bonds is 4. The van der Waals surface area contributed by atoms with Gasteiger partial charge in [-0.25, -0.2) is 4.79 Å². The third-order valence-electron chi connectivity index (χ3n) is 4.78. The average molecular weight is 383 g/mol. The Bertz CT molecular complexity index is 976. The molecule has 2 amide bonds. The molecule has 2 aliphatic rings. The number of ether oxygens (including phenoxy) is 2. The molecule has 0 aromatic heterocycles. The van der Waals surface area contributed by atoms with Gasteiger partial charge in [0.25, 0.3) is 5.69 Å². The van der Waals surface area contributed by atoms with Gasteiger partial charge in [-0.05, 0) is 23.3 Å². The Kier molecular flexibility index (Phi) is 4.34. The fraction of sp³-hybridized carbons (Fsp3) is 0.263. The molecule has 0 aliphatic carbocycles. The van der Waals surface area contributed by atoms with E-state index in [0.29, 0.717) is 17.0 Å². The van der Waals surface area contributed by atoms with Gasteiger partial charge in [-0.2, -0.15) is 0 Å². The monoisotopic (exact) mass is 383 g/mol. The highest BCUT2D eigenvalue weighted by Gasteiger charge is 2.46. The van der Waals surface area contributed by atoms with Crippen LogP contribution in [0.25, 0.3) is 11.1 Å². The zero-order valence-electron chi connectivity index (χ0n) is 15.0. The summed E-state index contributed by atoms with van der Waals surface area (Å²) in [6, 6.07) is 11.2. The minimum Gasteiger partial charge on any atom is -0.489 e. The van der Waals surface area contributed by atoms with E-state index in [-0.39, 0.29) is 30.8 Å². The highest BCUT2D eigenvalue weighted by atomic mass is 16.6. The maximum absolute atomic E-state index is 12.4. The standard InChI is InChI=1S/C19H17N3O6/c1-11(23)20-9-18-16-10-27-17-8-13(5-6-15(17)21(16)19(24)28-18)12-3-2-4-14(7-12)22(25)26/h2-8,16,18H,9-10H2,1H3,(H,20,23)/t16-,18-/m0/s1. The Labute approximate surface area is 160 Å². The molecule has 2 aliphatic heterocycles. The number of fused-ring (bicyclic) bond motifs is 3. The fourth-order valence-corrected chi connectivity index (χ4v) is 3.43. The minimum atomic E-state index is -0.499. The van der Waals surface area contributed by atoms with Crippen molar-refractivity contribution in [2.75, 3.05) is 18.1 Å². The van der Waals surface area contributed by atoms with Gasteiger partial charge in [0.15, 0.2) is 0 Å². The smallest absolute Gasteiger partial charge is 0.415 e. The summed E-state index contributed by atoms with van der Waals surface area (Å²) in [5.41, 5.74) is 1.99. The van der Waals surface area contributed by atoms with Crippen molar-refractivity contribution in [3.05, 3.63) is 52.6 Å². The second-order valence-corrected chi connectivity index (χ2v) is 6.60. The molecule has 144 valence electrons. The van der Waals surface area contributed by atoms with Gasteiger partial charge >= 0.3 is 6.09 Å². The number of nitrogens with one attached hydrogen (secondary N) is 1. The molecule has 1 fully saturated rings. The second kappa shape index (κ2) is 6.84. The van der Waals surface area contributed by atoms with Crippen LogP contribution >= 0.6 is 0 Å². The van der Waals surface area contributed by atoms with Crippen molar-refractivity contribution in [2.24, 2.45) is 0 Å². The summed E-state index contributed by atoms with van der Waals surface area (Å²) in [7, 11) is 0. The van der Waals surface area contributed by atoms with Crippen LogP contribution in [-0.4, -0.2) is 42.2 Å². The molecule has 2 atom stereocenters. The third kappa shape index (κ3) is 3.11. The zero-order chi connectivity index (χ0) is 19.8. The average Bonchev–Trinajstić information content (AvgIpc) is 3.02. The van der Waals surface area contributed by atoms with E-state index >= 15 is 0 Å². The van der Waals surface area contributed by atoms with Crippen molar-refractivity contribution < 1.29 is 24.0 Å². The molecule has 2 aromatic carbocycles. The lowest BCUT2D eigenvalue weighted by Gasteiger charge is -2.31. The van der Waals surface area contributed by atoms with Crippen molar-refractivity contribution in [2.45, 2.75) is 19.1 Å². The van der Waals surface area contributed by atoms with Gasteiger partial charge in [0, 0.05) is 19.1 Å².